The molecular formula is C16H13F3N6O4S. The van der Waals surface area contributed by atoms with Crippen molar-refractivity contribution >= 4 is 16.0 Å². The van der Waals surface area contributed by atoms with Gasteiger partial charge in [-0.3, -0.25) is 4.79 Å². The zero-order valence-electron chi connectivity index (χ0n) is 15.1. The first-order chi connectivity index (χ1) is 14.1. The Morgan fingerprint density at radius 1 is 1.17 bits per heavy atom. The molecule has 2 aromatic heterocycles. The Morgan fingerprint density at radius 3 is 2.53 bits per heavy atom. The Kier molecular flexibility index (Phi) is 5.69. The third-order valence-electron chi connectivity index (χ3n) is 3.64. The summed E-state index contributed by atoms with van der Waals surface area (Å²) >= 11 is 0. The molecular weight excluding hydrogens is 429 g/mol. The van der Waals surface area contributed by atoms with Crippen LogP contribution >= 0.6 is 0 Å². The van der Waals surface area contributed by atoms with E-state index in [1.54, 1.807) is 13.0 Å². The van der Waals surface area contributed by atoms with Gasteiger partial charge in [-0.05, 0) is 31.2 Å². The van der Waals surface area contributed by atoms with Gasteiger partial charge in [0.2, 0.25) is 0 Å². The molecule has 0 radical (unpaired) electrons. The van der Waals surface area contributed by atoms with Gasteiger partial charge in [-0.15, -0.1) is 0 Å². The highest BCUT2D eigenvalue weighted by Crippen LogP contribution is 2.27. The van der Waals surface area contributed by atoms with Gasteiger partial charge in [0.25, 0.3) is 11.9 Å². The summed E-state index contributed by atoms with van der Waals surface area (Å²) in [5.41, 5.74) is -5.72. The first-order valence-electron chi connectivity index (χ1n) is 8.17. The number of amides is 1. The fraction of sp³-hybridized carbons (Fsp3) is 0.188. The van der Waals surface area contributed by atoms with Crippen LogP contribution in [0.5, 0.6) is 5.75 Å². The lowest BCUT2D eigenvalue weighted by molar-refractivity contribution is -0.0500. The monoisotopic (exact) mass is 442 g/mol. The Bertz CT molecular complexity index is 1150. The van der Waals surface area contributed by atoms with E-state index >= 15 is 0 Å². The highest BCUT2D eigenvalue weighted by molar-refractivity contribution is 7.88. The quantitative estimate of drug-likeness (QED) is 0.452. The normalized spacial score (nSPS) is 12.9. The number of hydrogen-bond donors (Lipinski definition) is 1. The minimum absolute atomic E-state index is 0.126. The van der Waals surface area contributed by atoms with E-state index in [0.29, 0.717) is 5.82 Å². The van der Waals surface area contributed by atoms with Gasteiger partial charge in [-0.25, -0.2) is 15.0 Å². The Labute approximate surface area is 167 Å². The van der Waals surface area contributed by atoms with E-state index in [9.17, 15) is 26.4 Å². The number of benzene rings is 1. The molecule has 0 aliphatic rings. The van der Waals surface area contributed by atoms with Gasteiger partial charge in [0.05, 0.1) is 6.04 Å². The third kappa shape index (κ3) is 4.53. The van der Waals surface area contributed by atoms with Crippen LogP contribution in [0.4, 0.5) is 13.2 Å². The van der Waals surface area contributed by atoms with Crippen molar-refractivity contribution in [3.8, 4) is 11.7 Å². The van der Waals surface area contributed by atoms with Crippen LogP contribution in [0.15, 0.2) is 49.1 Å². The predicted octanol–water partition coefficient (Wildman–Crippen LogP) is 1.78. The maximum absolute atomic E-state index is 12.5. The zero-order valence-corrected chi connectivity index (χ0v) is 15.9. The fourth-order valence-corrected chi connectivity index (χ4v) is 2.76. The standard InChI is InChI=1S/C16H13F3N6O4S/c1-10(13-22-9-23-25(13)15-20-6-3-7-21-15)24-14(26)11-4-2-5-12(8-11)29-30(27,28)16(17,18)19/h2-10H,1H3,(H,24,26). The molecule has 14 heteroatoms. The van der Waals surface area contributed by atoms with Crippen LogP contribution in [-0.2, 0) is 10.1 Å². The van der Waals surface area contributed by atoms with E-state index in [4.69, 9.17) is 0 Å². The van der Waals surface area contributed by atoms with E-state index in [0.717, 1.165) is 12.1 Å². The van der Waals surface area contributed by atoms with Crippen molar-refractivity contribution in [3.63, 3.8) is 0 Å². The van der Waals surface area contributed by atoms with Gasteiger partial charge in [0, 0.05) is 18.0 Å². The second-order valence-corrected chi connectivity index (χ2v) is 7.32. The summed E-state index contributed by atoms with van der Waals surface area (Å²) in [7, 11) is -5.86. The van der Waals surface area contributed by atoms with Crippen molar-refractivity contribution in [1.29, 1.82) is 0 Å². The summed E-state index contributed by atoms with van der Waals surface area (Å²) in [6.07, 6.45) is 4.24. The molecule has 30 heavy (non-hydrogen) atoms. The molecule has 10 nitrogen and oxygen atoms in total. The number of nitrogens with zero attached hydrogens (tertiary/aromatic N) is 5. The highest BCUT2D eigenvalue weighted by atomic mass is 32.2. The van der Waals surface area contributed by atoms with Crippen molar-refractivity contribution in [3.05, 3.63) is 60.4 Å². The topological polar surface area (TPSA) is 129 Å². The van der Waals surface area contributed by atoms with Crippen LogP contribution < -0.4 is 9.50 Å². The lowest BCUT2D eigenvalue weighted by Gasteiger charge is -2.14. The molecule has 158 valence electrons. The van der Waals surface area contributed by atoms with Crippen LogP contribution in [0, 0.1) is 0 Å². The number of carbonyl (C=O) groups excluding carboxylic acids is 1. The smallest absolute Gasteiger partial charge is 0.376 e. The molecule has 2 heterocycles. The molecule has 0 spiro atoms. The maximum Gasteiger partial charge on any atom is 0.534 e. The second-order valence-electron chi connectivity index (χ2n) is 5.79. The zero-order chi connectivity index (χ0) is 21.9. The van der Waals surface area contributed by atoms with Crippen molar-refractivity contribution in [2.24, 2.45) is 0 Å². The Morgan fingerprint density at radius 2 is 1.87 bits per heavy atom. The van der Waals surface area contributed by atoms with Gasteiger partial charge >= 0.3 is 15.6 Å². The van der Waals surface area contributed by atoms with Gasteiger partial charge < -0.3 is 9.50 Å². The minimum atomic E-state index is -5.86. The number of aromatic nitrogens is 5. The summed E-state index contributed by atoms with van der Waals surface area (Å²) in [6.45, 7) is 1.59. The molecule has 3 aromatic rings. The van der Waals surface area contributed by atoms with Crippen LogP contribution in [0.25, 0.3) is 5.95 Å². The predicted molar refractivity (Wildman–Crippen MR) is 94.9 cm³/mol. The summed E-state index contributed by atoms with van der Waals surface area (Å²) < 4.78 is 65.0. The summed E-state index contributed by atoms with van der Waals surface area (Å²) in [4.78, 5) is 24.6. The van der Waals surface area contributed by atoms with Crippen molar-refractivity contribution in [2.75, 3.05) is 0 Å². The van der Waals surface area contributed by atoms with Gasteiger partial charge in [-0.1, -0.05) is 6.07 Å². The lowest BCUT2D eigenvalue weighted by Crippen LogP contribution is -2.29. The van der Waals surface area contributed by atoms with Gasteiger partial charge in [0.1, 0.15) is 12.1 Å². The third-order valence-corrected chi connectivity index (χ3v) is 4.62. The van der Waals surface area contributed by atoms with Gasteiger partial charge in [-0.2, -0.15) is 31.4 Å². The molecule has 0 saturated carbocycles. The number of carbonyl (C=O) groups is 1. The van der Waals surface area contributed by atoms with Crippen molar-refractivity contribution in [2.45, 2.75) is 18.5 Å². The molecule has 0 bridgehead atoms. The van der Waals surface area contributed by atoms with E-state index in [1.165, 1.54) is 35.5 Å². The number of halogens is 3. The first kappa shape index (κ1) is 21.2. The molecule has 1 amide bonds. The number of nitrogens with one attached hydrogen (secondary N) is 1. The molecule has 0 saturated heterocycles. The molecule has 3 rings (SSSR count). The molecule has 1 atom stereocenters. The van der Waals surface area contributed by atoms with Gasteiger partial charge in [0.15, 0.2) is 5.82 Å². The van der Waals surface area contributed by atoms with E-state index in [1.807, 2.05) is 0 Å². The van der Waals surface area contributed by atoms with E-state index in [-0.39, 0.29) is 11.5 Å². The average Bonchev–Trinajstić information content (AvgIpc) is 3.17. The van der Waals surface area contributed by atoms with Crippen LogP contribution in [0.3, 0.4) is 0 Å². The first-order valence-corrected chi connectivity index (χ1v) is 9.58. The molecule has 1 aromatic carbocycles. The number of alkyl halides is 3. The fourth-order valence-electron chi connectivity index (χ4n) is 2.31. The number of rotatable bonds is 6. The Balaban J connectivity index is 1.77. The summed E-state index contributed by atoms with van der Waals surface area (Å²) in [5, 5.41) is 6.58. The average molecular weight is 442 g/mol. The summed E-state index contributed by atoms with van der Waals surface area (Å²) in [6, 6.07) is 5.22. The summed E-state index contributed by atoms with van der Waals surface area (Å²) in [5.74, 6) is -0.852. The van der Waals surface area contributed by atoms with E-state index in [2.05, 4.69) is 29.6 Å². The van der Waals surface area contributed by atoms with E-state index < -0.39 is 33.3 Å². The highest BCUT2D eigenvalue weighted by Gasteiger charge is 2.48. The van der Waals surface area contributed by atoms with Crippen molar-refractivity contribution in [1.82, 2.24) is 30.0 Å². The Hall–Kier alpha value is -3.55. The molecule has 0 aliphatic heterocycles. The largest absolute Gasteiger partial charge is 0.534 e. The van der Waals surface area contributed by atoms with Crippen LogP contribution in [0.1, 0.15) is 29.1 Å². The maximum atomic E-state index is 12.5. The second kappa shape index (κ2) is 8.06. The van der Waals surface area contributed by atoms with Crippen LogP contribution in [0.2, 0.25) is 0 Å². The molecule has 1 N–H and O–H groups in total. The number of hydrogen-bond acceptors (Lipinski definition) is 8. The SMILES string of the molecule is CC(NC(=O)c1cccc(OS(=O)(=O)C(F)(F)F)c1)c1ncnn1-c1ncccn1. The minimum Gasteiger partial charge on any atom is -0.376 e. The molecule has 1 unspecified atom stereocenters. The molecule has 0 aliphatic carbocycles. The lowest BCUT2D eigenvalue weighted by atomic mass is 10.2. The van der Waals surface area contributed by atoms with Crippen LogP contribution in [-0.4, -0.2) is 44.6 Å². The molecule has 0 fully saturated rings. The van der Waals surface area contributed by atoms with Crippen molar-refractivity contribution < 1.29 is 30.6 Å².